The molecule has 0 aromatic carbocycles. The van der Waals surface area contributed by atoms with E-state index in [1.165, 1.54) is 0 Å². The van der Waals surface area contributed by atoms with Gasteiger partial charge < -0.3 is 14.2 Å². The van der Waals surface area contributed by atoms with Crippen LogP contribution in [0.25, 0.3) is 0 Å². The van der Waals surface area contributed by atoms with E-state index in [1.807, 2.05) is 20.8 Å². The van der Waals surface area contributed by atoms with Gasteiger partial charge >= 0.3 is 5.97 Å². The Balaban J connectivity index is 2.05. The summed E-state index contributed by atoms with van der Waals surface area (Å²) in [5.74, 6) is 0.214. The number of allylic oxidation sites excluding steroid dienone is 1. The topological polar surface area (TPSA) is 61.8 Å². The van der Waals surface area contributed by atoms with Crippen LogP contribution >= 0.6 is 0 Å². The summed E-state index contributed by atoms with van der Waals surface area (Å²) in [6.45, 7) is 11.2. The lowest BCUT2D eigenvalue weighted by atomic mass is 9.56. The quantitative estimate of drug-likeness (QED) is 0.719. The van der Waals surface area contributed by atoms with Gasteiger partial charge in [-0.3, -0.25) is 9.59 Å². The van der Waals surface area contributed by atoms with E-state index < -0.39 is 16.6 Å². The molecule has 1 saturated heterocycles. The first-order valence-corrected chi connectivity index (χ1v) is 10.0. The second kappa shape index (κ2) is 5.65. The van der Waals surface area contributed by atoms with Crippen LogP contribution in [0.4, 0.5) is 0 Å². The van der Waals surface area contributed by atoms with Gasteiger partial charge in [0.15, 0.2) is 11.4 Å². The van der Waals surface area contributed by atoms with Crippen molar-refractivity contribution in [3.8, 4) is 0 Å². The summed E-state index contributed by atoms with van der Waals surface area (Å²) in [6.07, 6.45) is 2.27. The Labute approximate surface area is 155 Å². The molecule has 0 N–H and O–H groups in total. The van der Waals surface area contributed by atoms with Gasteiger partial charge in [0.1, 0.15) is 11.7 Å². The highest BCUT2D eigenvalue weighted by Crippen LogP contribution is 2.73. The molecule has 2 saturated carbocycles. The lowest BCUT2D eigenvalue weighted by Gasteiger charge is -2.61. The molecule has 0 aromatic rings. The predicted molar refractivity (Wildman–Crippen MR) is 95.5 cm³/mol. The standard InChI is InChI=1S/C21H30O5/c1-6-24-18-12(3)8-9-20(25-7-2)19(5)11-16(23)26-21(18,20)17-13(4)15(22)10-14(17)19/h12,14,18H,6-11H2,1-5H3/t12?,14-,18?,19?,20+,21?/m1/s1. The van der Waals surface area contributed by atoms with Crippen LogP contribution in [-0.4, -0.2) is 42.3 Å². The van der Waals surface area contributed by atoms with Gasteiger partial charge in [-0.1, -0.05) is 13.8 Å². The number of carbonyl (C=O) groups excluding carboxylic acids is 2. The summed E-state index contributed by atoms with van der Waals surface area (Å²) in [5, 5.41) is 0. The Morgan fingerprint density at radius 3 is 2.62 bits per heavy atom. The fourth-order valence-electron chi connectivity index (χ4n) is 6.72. The van der Waals surface area contributed by atoms with Crippen molar-refractivity contribution >= 4 is 11.8 Å². The molecule has 4 rings (SSSR count). The van der Waals surface area contributed by atoms with E-state index in [9.17, 15) is 9.59 Å². The minimum Gasteiger partial charge on any atom is -0.448 e. The zero-order valence-corrected chi connectivity index (χ0v) is 16.5. The normalized spacial score (nSPS) is 47.0. The van der Waals surface area contributed by atoms with Gasteiger partial charge in [-0.15, -0.1) is 0 Å². The van der Waals surface area contributed by atoms with E-state index in [0.717, 1.165) is 24.0 Å². The first-order chi connectivity index (χ1) is 12.3. The second-order valence-corrected chi connectivity index (χ2v) is 8.67. The SMILES string of the molecule is CCOC1C(C)CC[C@@]2(OCC)C13OC(=O)CC2(C)[C@@H]1CC(=O)C(C)=C13. The van der Waals surface area contributed by atoms with Crippen molar-refractivity contribution in [2.75, 3.05) is 13.2 Å². The minimum atomic E-state index is -0.971. The van der Waals surface area contributed by atoms with Crippen LogP contribution in [0, 0.1) is 17.3 Å². The molecule has 0 aromatic heterocycles. The number of ketones is 1. The molecule has 0 spiro atoms. The third-order valence-corrected chi connectivity index (χ3v) is 7.64. The maximum atomic E-state index is 12.8. The summed E-state index contributed by atoms with van der Waals surface area (Å²) in [7, 11) is 0. The van der Waals surface area contributed by atoms with Gasteiger partial charge in [-0.25, -0.2) is 0 Å². The van der Waals surface area contributed by atoms with E-state index in [-0.39, 0.29) is 29.7 Å². The minimum absolute atomic E-state index is 0.00116. The monoisotopic (exact) mass is 362 g/mol. The number of esters is 1. The first kappa shape index (κ1) is 18.2. The van der Waals surface area contributed by atoms with E-state index in [2.05, 4.69) is 13.8 Å². The van der Waals surface area contributed by atoms with Gasteiger partial charge in [0.2, 0.25) is 0 Å². The number of fused-ring (bicyclic) bond motifs is 2. The largest absolute Gasteiger partial charge is 0.448 e. The Morgan fingerprint density at radius 2 is 1.96 bits per heavy atom. The number of Topliss-reactive ketones (excluding diaryl/α,β-unsaturated/α-hetero) is 1. The molecule has 1 heterocycles. The molecule has 2 bridgehead atoms. The average Bonchev–Trinajstić information content (AvgIpc) is 2.92. The van der Waals surface area contributed by atoms with Crippen LogP contribution in [0.2, 0.25) is 0 Å². The van der Waals surface area contributed by atoms with Crippen molar-refractivity contribution in [1.82, 2.24) is 0 Å². The summed E-state index contributed by atoms with van der Waals surface area (Å²) in [5.41, 5.74) is -0.263. The van der Waals surface area contributed by atoms with Crippen LogP contribution in [0.1, 0.15) is 60.3 Å². The van der Waals surface area contributed by atoms with Crippen LogP contribution in [-0.2, 0) is 23.8 Å². The maximum absolute atomic E-state index is 12.8. The van der Waals surface area contributed by atoms with Crippen molar-refractivity contribution < 1.29 is 23.8 Å². The molecule has 0 radical (unpaired) electrons. The van der Waals surface area contributed by atoms with Crippen molar-refractivity contribution in [3.63, 3.8) is 0 Å². The summed E-state index contributed by atoms with van der Waals surface area (Å²) in [4.78, 5) is 25.4. The zero-order chi connectivity index (χ0) is 18.9. The summed E-state index contributed by atoms with van der Waals surface area (Å²) < 4.78 is 19.0. The van der Waals surface area contributed by atoms with Gasteiger partial charge in [0.25, 0.3) is 0 Å². The summed E-state index contributed by atoms with van der Waals surface area (Å²) in [6, 6.07) is 0. The Morgan fingerprint density at radius 1 is 1.23 bits per heavy atom. The molecule has 3 fully saturated rings. The van der Waals surface area contributed by atoms with Gasteiger partial charge in [-0.2, -0.15) is 0 Å². The van der Waals surface area contributed by atoms with E-state index in [0.29, 0.717) is 26.1 Å². The van der Waals surface area contributed by atoms with Crippen LogP contribution in [0.15, 0.2) is 11.1 Å². The summed E-state index contributed by atoms with van der Waals surface area (Å²) >= 11 is 0. The predicted octanol–water partition coefficient (Wildman–Crippen LogP) is 3.21. The fraction of sp³-hybridized carbons (Fsp3) is 0.810. The molecule has 1 aliphatic heterocycles. The molecule has 6 atom stereocenters. The van der Waals surface area contributed by atoms with E-state index in [1.54, 1.807) is 0 Å². The highest BCUT2D eigenvalue weighted by molar-refractivity contribution is 6.00. The fourth-order valence-corrected chi connectivity index (χ4v) is 6.72. The molecule has 5 nitrogen and oxygen atoms in total. The van der Waals surface area contributed by atoms with Crippen LogP contribution in [0.5, 0.6) is 0 Å². The molecule has 4 aliphatic rings. The van der Waals surface area contributed by atoms with E-state index >= 15 is 0 Å². The molecule has 3 aliphatic carbocycles. The number of ether oxygens (including phenoxy) is 3. The maximum Gasteiger partial charge on any atom is 0.307 e. The molecular weight excluding hydrogens is 332 g/mol. The molecule has 0 amide bonds. The van der Waals surface area contributed by atoms with E-state index in [4.69, 9.17) is 14.2 Å². The van der Waals surface area contributed by atoms with Gasteiger partial charge in [-0.05, 0) is 50.7 Å². The van der Waals surface area contributed by atoms with Crippen LogP contribution in [0.3, 0.4) is 0 Å². The Bertz CT molecular complexity index is 697. The van der Waals surface area contributed by atoms with Gasteiger partial charge in [0, 0.05) is 31.0 Å². The van der Waals surface area contributed by atoms with Crippen molar-refractivity contribution in [2.45, 2.75) is 77.6 Å². The number of carbonyl (C=O) groups is 2. The number of rotatable bonds is 4. The first-order valence-electron chi connectivity index (χ1n) is 10.0. The molecule has 4 unspecified atom stereocenters. The lowest BCUT2D eigenvalue weighted by Crippen LogP contribution is -2.73. The molecule has 26 heavy (non-hydrogen) atoms. The third kappa shape index (κ3) is 1.79. The van der Waals surface area contributed by atoms with Crippen LogP contribution < -0.4 is 0 Å². The van der Waals surface area contributed by atoms with Crippen molar-refractivity contribution in [3.05, 3.63) is 11.1 Å². The lowest BCUT2D eigenvalue weighted by molar-refractivity contribution is -0.295. The Hall–Kier alpha value is -1.20. The average molecular weight is 362 g/mol. The van der Waals surface area contributed by atoms with Crippen molar-refractivity contribution in [1.29, 1.82) is 0 Å². The second-order valence-electron chi connectivity index (χ2n) is 8.67. The third-order valence-electron chi connectivity index (χ3n) is 7.64. The zero-order valence-electron chi connectivity index (χ0n) is 16.5. The van der Waals surface area contributed by atoms with Gasteiger partial charge in [0.05, 0.1) is 6.42 Å². The molecule has 144 valence electrons. The number of hydrogen-bond acceptors (Lipinski definition) is 5. The molecular formula is C21H30O5. The number of hydrogen-bond donors (Lipinski definition) is 0. The highest BCUT2D eigenvalue weighted by atomic mass is 16.6. The Kier molecular flexibility index (Phi) is 3.95. The molecule has 5 heteroatoms. The smallest absolute Gasteiger partial charge is 0.307 e. The highest BCUT2D eigenvalue weighted by Gasteiger charge is 2.83. The van der Waals surface area contributed by atoms with Crippen molar-refractivity contribution in [2.24, 2.45) is 17.3 Å².